The Morgan fingerprint density at radius 2 is 1.90 bits per heavy atom. The zero-order valence-corrected chi connectivity index (χ0v) is 18.1. The summed E-state index contributed by atoms with van der Waals surface area (Å²) < 4.78 is 8.27. The first-order valence-corrected chi connectivity index (χ1v) is 11.2. The van der Waals surface area contributed by atoms with Gasteiger partial charge in [-0.05, 0) is 37.5 Å². The number of ether oxygens (including phenoxy) is 1. The highest BCUT2D eigenvalue weighted by Gasteiger charge is 2.31. The Hall–Kier alpha value is -2.86. The molecule has 1 amide bonds. The number of carbonyl (C=O) groups is 1. The van der Waals surface area contributed by atoms with Crippen molar-refractivity contribution in [2.75, 3.05) is 13.1 Å². The van der Waals surface area contributed by atoms with E-state index in [1.807, 2.05) is 53.4 Å². The minimum Gasteiger partial charge on any atom is -0.488 e. The van der Waals surface area contributed by atoms with E-state index in [9.17, 15) is 4.79 Å². The van der Waals surface area contributed by atoms with Gasteiger partial charge in [0.15, 0.2) is 0 Å². The van der Waals surface area contributed by atoms with Gasteiger partial charge < -0.3 is 14.2 Å². The summed E-state index contributed by atoms with van der Waals surface area (Å²) in [6.07, 6.45) is 4.12. The number of nitrogens with zero attached hydrogens (tertiary/aromatic N) is 4. The number of rotatable bonds is 5. The van der Waals surface area contributed by atoms with Gasteiger partial charge in [0.2, 0.25) is 0 Å². The molecule has 1 atom stereocenters. The maximum atomic E-state index is 13.4. The van der Waals surface area contributed by atoms with E-state index in [-0.39, 0.29) is 11.8 Å². The monoisotopic (exact) mass is 436 g/mol. The molecule has 3 heterocycles. The first-order valence-electron chi connectivity index (χ1n) is 10.9. The molecule has 1 saturated heterocycles. The van der Waals surface area contributed by atoms with Gasteiger partial charge in [0, 0.05) is 42.6 Å². The summed E-state index contributed by atoms with van der Waals surface area (Å²) in [5.74, 6) is 2.93. The second-order valence-electron chi connectivity index (χ2n) is 8.20. The van der Waals surface area contributed by atoms with Crippen LogP contribution in [-0.4, -0.2) is 38.7 Å². The predicted molar refractivity (Wildman–Crippen MR) is 118 cm³/mol. The van der Waals surface area contributed by atoms with Crippen molar-refractivity contribution in [2.24, 2.45) is 0 Å². The molecule has 5 rings (SSSR count). The Kier molecular flexibility index (Phi) is 5.64. The molecule has 7 heteroatoms. The summed E-state index contributed by atoms with van der Waals surface area (Å²) in [5.41, 5.74) is 1.48. The molecule has 2 aromatic carbocycles. The van der Waals surface area contributed by atoms with Crippen LogP contribution in [0.25, 0.3) is 0 Å². The third kappa shape index (κ3) is 4.04. The van der Waals surface area contributed by atoms with E-state index in [0.717, 1.165) is 56.0 Å². The highest BCUT2D eigenvalue weighted by molar-refractivity contribution is 6.31. The van der Waals surface area contributed by atoms with Crippen LogP contribution in [0.3, 0.4) is 0 Å². The number of benzene rings is 2. The van der Waals surface area contributed by atoms with E-state index in [0.29, 0.717) is 29.5 Å². The Balaban J connectivity index is 1.32. The van der Waals surface area contributed by atoms with Gasteiger partial charge in [-0.2, -0.15) is 0 Å². The fraction of sp³-hybridized carbons (Fsp3) is 0.375. The van der Waals surface area contributed by atoms with Gasteiger partial charge in [-0.3, -0.25) is 4.79 Å². The second-order valence-corrected chi connectivity index (χ2v) is 8.60. The van der Waals surface area contributed by atoms with E-state index < -0.39 is 0 Å². The highest BCUT2D eigenvalue weighted by atomic mass is 35.5. The molecular weight excluding hydrogens is 412 g/mol. The normalized spacial score (nSPS) is 18.1. The summed E-state index contributed by atoms with van der Waals surface area (Å²) in [6, 6.07) is 15.0. The number of hydrogen-bond acceptors (Lipinski definition) is 4. The van der Waals surface area contributed by atoms with Crippen molar-refractivity contribution < 1.29 is 9.53 Å². The maximum Gasteiger partial charge on any atom is 0.257 e. The smallest absolute Gasteiger partial charge is 0.257 e. The largest absolute Gasteiger partial charge is 0.488 e. The van der Waals surface area contributed by atoms with Crippen LogP contribution in [0.1, 0.15) is 52.8 Å². The van der Waals surface area contributed by atoms with Gasteiger partial charge in [0.1, 0.15) is 24.0 Å². The van der Waals surface area contributed by atoms with E-state index in [1.54, 1.807) is 0 Å². The van der Waals surface area contributed by atoms with Crippen molar-refractivity contribution in [1.29, 1.82) is 0 Å². The standard InChI is InChI=1S/C24H25ClN4O2/c25-20-10-3-1-7-18(20)16-31-21-11-4-2-9-19(21)24(30)28-13-5-8-17(15-28)23-27-26-22-12-6-14-29(22)23/h1-4,7,9-11,17H,5-6,8,12-16H2. The van der Waals surface area contributed by atoms with E-state index in [1.165, 1.54) is 0 Å². The van der Waals surface area contributed by atoms with Crippen LogP contribution in [0, 0.1) is 0 Å². The number of carbonyl (C=O) groups excluding carboxylic acids is 1. The number of likely N-dealkylation sites (tertiary alicyclic amines) is 1. The lowest BCUT2D eigenvalue weighted by Gasteiger charge is -2.32. The molecule has 6 nitrogen and oxygen atoms in total. The number of aromatic nitrogens is 3. The average Bonchev–Trinajstić information content (AvgIpc) is 3.42. The Morgan fingerprint density at radius 3 is 2.81 bits per heavy atom. The quantitative estimate of drug-likeness (QED) is 0.591. The number of amides is 1. The lowest BCUT2D eigenvalue weighted by Crippen LogP contribution is -2.40. The van der Waals surface area contributed by atoms with Crippen LogP contribution in [0.4, 0.5) is 0 Å². The molecular formula is C24H25ClN4O2. The number of halogens is 1. The zero-order chi connectivity index (χ0) is 21.2. The SMILES string of the molecule is O=C(c1ccccc1OCc1ccccc1Cl)N1CCCC(c2nnc3n2CCC3)C1. The molecule has 0 saturated carbocycles. The van der Waals surface area contributed by atoms with Gasteiger partial charge in [0.05, 0.1) is 5.56 Å². The van der Waals surface area contributed by atoms with Crippen LogP contribution in [0.2, 0.25) is 5.02 Å². The third-order valence-electron chi connectivity index (χ3n) is 6.17. The summed E-state index contributed by atoms with van der Waals surface area (Å²) in [6.45, 7) is 2.71. The molecule has 1 fully saturated rings. The molecule has 1 unspecified atom stereocenters. The summed E-state index contributed by atoms with van der Waals surface area (Å²) in [4.78, 5) is 15.4. The van der Waals surface area contributed by atoms with Gasteiger partial charge in [-0.1, -0.05) is 41.9 Å². The van der Waals surface area contributed by atoms with Crippen LogP contribution >= 0.6 is 11.6 Å². The van der Waals surface area contributed by atoms with Crippen LogP contribution in [0.15, 0.2) is 48.5 Å². The van der Waals surface area contributed by atoms with Gasteiger partial charge in [0.25, 0.3) is 5.91 Å². The predicted octanol–water partition coefficient (Wildman–Crippen LogP) is 4.48. The van der Waals surface area contributed by atoms with E-state index >= 15 is 0 Å². The number of aryl methyl sites for hydroxylation is 1. The number of hydrogen-bond donors (Lipinski definition) is 0. The molecule has 0 spiro atoms. The molecule has 0 aliphatic carbocycles. The molecule has 160 valence electrons. The summed E-state index contributed by atoms with van der Waals surface area (Å²) in [5, 5.41) is 9.47. The number of piperidine rings is 1. The van der Waals surface area contributed by atoms with Gasteiger partial charge in [-0.25, -0.2) is 0 Å². The number of para-hydroxylation sites is 1. The fourth-order valence-corrected chi connectivity index (χ4v) is 4.75. The maximum absolute atomic E-state index is 13.4. The number of fused-ring (bicyclic) bond motifs is 1. The van der Waals surface area contributed by atoms with E-state index in [4.69, 9.17) is 16.3 Å². The van der Waals surface area contributed by atoms with Crippen LogP contribution in [0.5, 0.6) is 5.75 Å². The minimum atomic E-state index is 0.000573. The fourth-order valence-electron chi connectivity index (χ4n) is 4.56. The first-order chi connectivity index (χ1) is 15.2. The van der Waals surface area contributed by atoms with E-state index in [2.05, 4.69) is 14.8 Å². The van der Waals surface area contributed by atoms with Crippen LogP contribution in [-0.2, 0) is 19.6 Å². The third-order valence-corrected chi connectivity index (χ3v) is 6.54. The van der Waals surface area contributed by atoms with Crippen LogP contribution < -0.4 is 4.74 Å². The topological polar surface area (TPSA) is 60.2 Å². The van der Waals surface area contributed by atoms with Gasteiger partial charge in [-0.15, -0.1) is 10.2 Å². The molecule has 0 N–H and O–H groups in total. The van der Waals surface area contributed by atoms with Crippen molar-refractivity contribution in [2.45, 2.75) is 44.8 Å². The Labute approximate surface area is 186 Å². The Morgan fingerprint density at radius 1 is 1.06 bits per heavy atom. The zero-order valence-electron chi connectivity index (χ0n) is 17.3. The summed E-state index contributed by atoms with van der Waals surface area (Å²) >= 11 is 6.25. The minimum absolute atomic E-state index is 0.000573. The van der Waals surface area contributed by atoms with Crippen molar-refractivity contribution in [3.05, 3.63) is 76.3 Å². The lowest BCUT2D eigenvalue weighted by atomic mass is 9.96. The highest BCUT2D eigenvalue weighted by Crippen LogP contribution is 2.30. The van der Waals surface area contributed by atoms with Gasteiger partial charge >= 0.3 is 0 Å². The molecule has 3 aromatic rings. The molecule has 2 aliphatic heterocycles. The second kappa shape index (κ2) is 8.71. The van der Waals surface area contributed by atoms with Crippen molar-refractivity contribution >= 4 is 17.5 Å². The molecule has 2 aliphatic rings. The first kappa shape index (κ1) is 20.1. The Bertz CT molecular complexity index is 1100. The lowest BCUT2D eigenvalue weighted by molar-refractivity contribution is 0.0698. The molecule has 0 radical (unpaired) electrons. The van der Waals surface area contributed by atoms with Crippen molar-refractivity contribution in [1.82, 2.24) is 19.7 Å². The molecule has 1 aromatic heterocycles. The average molecular weight is 437 g/mol. The summed E-state index contributed by atoms with van der Waals surface area (Å²) in [7, 11) is 0. The molecule has 31 heavy (non-hydrogen) atoms. The van der Waals surface area contributed by atoms with Crippen molar-refractivity contribution in [3.63, 3.8) is 0 Å². The van der Waals surface area contributed by atoms with Crippen molar-refractivity contribution in [3.8, 4) is 5.75 Å². The molecule has 0 bridgehead atoms.